The fraction of sp³-hybridized carbons (Fsp3) is 0.556. The Morgan fingerprint density at radius 2 is 1.97 bits per heavy atom. The van der Waals surface area contributed by atoms with E-state index in [9.17, 15) is 9.59 Å². The molecule has 1 saturated heterocycles. The number of hydrogen-bond donors (Lipinski definition) is 1. The molecule has 212 valence electrons. The van der Waals surface area contributed by atoms with Gasteiger partial charge in [-0.25, -0.2) is 16.0 Å². The molecular weight excluding hydrogens is 521 g/mol. The first-order valence-electron chi connectivity index (χ1n) is 13.5. The SMILES string of the molecule is [2H]C[C@H]1O[C@@H](n2cc(C)c(NC(=O)c3ccccc3)nc2=O)C(OC)[C@H]1OP(OCC[N+]#[C-])N(C(C)C)C(C)C. The molecule has 1 fully saturated rings. The number of aromatic nitrogens is 2. The van der Waals surface area contributed by atoms with Crippen molar-refractivity contribution in [3.63, 3.8) is 0 Å². The lowest BCUT2D eigenvalue weighted by molar-refractivity contribution is -0.0510. The van der Waals surface area contributed by atoms with Crippen molar-refractivity contribution in [1.82, 2.24) is 14.2 Å². The molecule has 39 heavy (non-hydrogen) atoms. The first-order valence-corrected chi connectivity index (χ1v) is 13.9. The third-order valence-electron chi connectivity index (χ3n) is 6.10. The van der Waals surface area contributed by atoms with Crippen LogP contribution in [-0.2, 0) is 18.5 Å². The first-order chi connectivity index (χ1) is 19.1. The van der Waals surface area contributed by atoms with Gasteiger partial charge in [0, 0.05) is 37.9 Å². The lowest BCUT2D eigenvalue weighted by Gasteiger charge is -2.37. The number of benzene rings is 1. The van der Waals surface area contributed by atoms with Gasteiger partial charge in [0.1, 0.15) is 24.6 Å². The third kappa shape index (κ3) is 7.48. The number of carbonyl (C=O) groups excluding carboxylic acids is 1. The summed E-state index contributed by atoms with van der Waals surface area (Å²) >= 11 is 0. The molecule has 3 rings (SSSR count). The molecule has 1 aromatic carbocycles. The Bertz CT molecular complexity index is 1220. The Morgan fingerprint density at radius 3 is 2.56 bits per heavy atom. The summed E-state index contributed by atoms with van der Waals surface area (Å²) < 4.78 is 36.0. The second-order valence-corrected chi connectivity index (χ2v) is 11.0. The van der Waals surface area contributed by atoms with Crippen LogP contribution in [-0.4, -0.2) is 70.8 Å². The summed E-state index contributed by atoms with van der Waals surface area (Å²) in [5.41, 5.74) is 0.341. The molecule has 1 aliphatic heterocycles. The van der Waals surface area contributed by atoms with E-state index in [-0.39, 0.29) is 43.9 Å². The fourth-order valence-electron chi connectivity index (χ4n) is 4.35. The molecule has 0 bridgehead atoms. The molecule has 12 heteroatoms. The van der Waals surface area contributed by atoms with Gasteiger partial charge in [0.25, 0.3) is 14.4 Å². The summed E-state index contributed by atoms with van der Waals surface area (Å²) in [6.07, 6.45) is -1.56. The van der Waals surface area contributed by atoms with Crippen LogP contribution in [0.5, 0.6) is 0 Å². The number of methoxy groups -OCH3 is 1. The Morgan fingerprint density at radius 1 is 1.28 bits per heavy atom. The average molecular weight is 561 g/mol. The number of hydrogen-bond acceptors (Lipinski definition) is 8. The van der Waals surface area contributed by atoms with E-state index in [2.05, 4.69) is 19.8 Å². The minimum absolute atomic E-state index is 0.0840. The molecule has 0 radical (unpaired) electrons. The summed E-state index contributed by atoms with van der Waals surface area (Å²) in [6.45, 7) is 17.2. The molecule has 1 aliphatic rings. The van der Waals surface area contributed by atoms with Crippen LogP contribution in [0.1, 0.15) is 58.1 Å². The number of amides is 1. The highest BCUT2D eigenvalue weighted by atomic mass is 31.2. The van der Waals surface area contributed by atoms with E-state index in [4.69, 9.17) is 26.5 Å². The van der Waals surface area contributed by atoms with Crippen LogP contribution in [0.2, 0.25) is 0 Å². The predicted octanol–water partition coefficient (Wildman–Crippen LogP) is 4.40. The van der Waals surface area contributed by atoms with Gasteiger partial charge in [-0.05, 0) is 53.7 Å². The third-order valence-corrected chi connectivity index (χ3v) is 8.23. The molecule has 2 unspecified atom stereocenters. The number of rotatable bonds is 12. The lowest BCUT2D eigenvalue weighted by atomic mass is 10.1. The van der Waals surface area contributed by atoms with Crippen molar-refractivity contribution < 1.29 is 24.7 Å². The minimum Gasteiger partial charge on any atom is -0.374 e. The van der Waals surface area contributed by atoms with E-state index < -0.39 is 38.8 Å². The standard InChI is InChI=1S/C27H38N5O6P/c1-17(2)32(18(3)4)39(36-15-14-28-7)38-22-20(6)37-26(23(22)35-8)31-16-19(5)24(30-27(31)34)29-25(33)21-12-10-9-11-13-21/h9-13,16-18,20,22-23,26H,14-15H2,1-6,8H3,(H,29,30,33,34)/t20-,22+,23?,26-,39?/m1/s1/i6D. The maximum atomic E-state index is 13.2. The monoisotopic (exact) mass is 560 g/mol. The number of nitrogens with zero attached hydrogens (tertiary/aromatic N) is 4. The normalized spacial score (nSPS) is 22.2. The molecule has 2 aromatic rings. The number of anilines is 1. The zero-order valence-corrected chi connectivity index (χ0v) is 24.1. The average Bonchev–Trinajstić information content (AvgIpc) is 3.27. The molecule has 0 spiro atoms. The largest absolute Gasteiger partial charge is 0.374 e. The van der Waals surface area contributed by atoms with Crippen LogP contribution in [0.4, 0.5) is 5.82 Å². The zero-order valence-electron chi connectivity index (χ0n) is 24.2. The van der Waals surface area contributed by atoms with Gasteiger partial charge in [-0.3, -0.25) is 9.36 Å². The molecule has 1 N–H and O–H groups in total. The fourth-order valence-corrected chi connectivity index (χ4v) is 6.11. The molecule has 1 amide bonds. The Hall–Kier alpha value is -2.71. The maximum Gasteiger partial charge on any atom is 0.351 e. The molecule has 0 aliphatic carbocycles. The van der Waals surface area contributed by atoms with E-state index in [1.807, 2.05) is 33.8 Å². The Kier molecular flexibility index (Phi) is 10.6. The summed E-state index contributed by atoms with van der Waals surface area (Å²) in [5, 5.41) is 2.69. The van der Waals surface area contributed by atoms with Crippen LogP contribution in [0.25, 0.3) is 4.85 Å². The van der Waals surface area contributed by atoms with Crippen LogP contribution in [0, 0.1) is 13.5 Å². The van der Waals surface area contributed by atoms with Gasteiger partial charge < -0.3 is 28.7 Å². The van der Waals surface area contributed by atoms with Crippen molar-refractivity contribution in [1.29, 1.82) is 0 Å². The highest BCUT2D eigenvalue weighted by Crippen LogP contribution is 2.50. The molecule has 0 saturated carbocycles. The summed E-state index contributed by atoms with van der Waals surface area (Å²) in [7, 11) is -0.139. The summed E-state index contributed by atoms with van der Waals surface area (Å²) in [4.78, 5) is 33.3. The van der Waals surface area contributed by atoms with Crippen molar-refractivity contribution in [3.05, 3.63) is 69.6 Å². The van der Waals surface area contributed by atoms with Crippen molar-refractivity contribution in [2.24, 2.45) is 0 Å². The van der Waals surface area contributed by atoms with Gasteiger partial charge in [0.05, 0.1) is 6.10 Å². The number of aryl methyl sites for hydroxylation is 1. The summed E-state index contributed by atoms with van der Waals surface area (Å²) in [6, 6.07) is 8.81. The van der Waals surface area contributed by atoms with E-state index in [0.717, 1.165) is 0 Å². The van der Waals surface area contributed by atoms with Crippen LogP contribution < -0.4 is 11.0 Å². The van der Waals surface area contributed by atoms with E-state index in [1.54, 1.807) is 37.4 Å². The van der Waals surface area contributed by atoms with Gasteiger partial charge in [0.15, 0.2) is 6.23 Å². The van der Waals surface area contributed by atoms with Crippen molar-refractivity contribution in [2.45, 2.75) is 78.1 Å². The highest BCUT2D eigenvalue weighted by molar-refractivity contribution is 7.44. The maximum absolute atomic E-state index is 13.2. The van der Waals surface area contributed by atoms with Crippen LogP contribution in [0.15, 0.2) is 41.3 Å². The van der Waals surface area contributed by atoms with Gasteiger partial charge in [-0.2, -0.15) is 4.98 Å². The molecular formula is C27H38N5O6P. The molecule has 11 nitrogen and oxygen atoms in total. The van der Waals surface area contributed by atoms with E-state index in [0.29, 0.717) is 11.1 Å². The smallest absolute Gasteiger partial charge is 0.351 e. The number of carbonyl (C=O) groups is 1. The Balaban J connectivity index is 1.89. The second kappa shape index (κ2) is 14.1. The van der Waals surface area contributed by atoms with Crippen LogP contribution >= 0.6 is 8.53 Å². The van der Waals surface area contributed by atoms with Gasteiger partial charge in [-0.1, -0.05) is 18.2 Å². The number of ether oxygens (including phenoxy) is 2. The first kappa shape index (κ1) is 29.3. The molecule has 1 aromatic heterocycles. The Labute approximate surface area is 232 Å². The lowest BCUT2D eigenvalue weighted by Crippen LogP contribution is -2.40. The van der Waals surface area contributed by atoms with Crippen molar-refractivity contribution >= 4 is 20.3 Å². The predicted molar refractivity (Wildman–Crippen MR) is 149 cm³/mol. The van der Waals surface area contributed by atoms with E-state index >= 15 is 0 Å². The van der Waals surface area contributed by atoms with Crippen molar-refractivity contribution in [3.8, 4) is 0 Å². The zero-order chi connectivity index (χ0) is 29.4. The topological polar surface area (TPSA) is 109 Å². The quantitative estimate of drug-likeness (QED) is 0.231. The van der Waals surface area contributed by atoms with Crippen LogP contribution in [0.3, 0.4) is 0 Å². The van der Waals surface area contributed by atoms with Crippen molar-refractivity contribution in [2.75, 3.05) is 25.6 Å². The molecule has 5 atom stereocenters. The van der Waals surface area contributed by atoms with Gasteiger partial charge in [0.2, 0.25) is 6.54 Å². The number of nitrogens with one attached hydrogen (secondary N) is 1. The van der Waals surface area contributed by atoms with Gasteiger partial charge >= 0.3 is 5.69 Å². The van der Waals surface area contributed by atoms with Gasteiger partial charge in [-0.15, -0.1) is 0 Å². The molecule has 2 heterocycles. The van der Waals surface area contributed by atoms with E-state index in [1.165, 1.54) is 11.7 Å². The minimum atomic E-state index is -1.63. The second-order valence-electron chi connectivity index (χ2n) is 9.64. The summed E-state index contributed by atoms with van der Waals surface area (Å²) in [5.74, 6) is -0.234. The highest BCUT2D eigenvalue weighted by Gasteiger charge is 2.48.